The Bertz CT molecular complexity index is 450. The molecule has 90 valence electrons. The molecule has 4 nitrogen and oxygen atoms in total. The SMILES string of the molecule is COC(=O)C1N=C(C)OC1c1ccc(C)cc1. The van der Waals surface area contributed by atoms with Crippen LogP contribution in [0.1, 0.15) is 24.2 Å². The van der Waals surface area contributed by atoms with Gasteiger partial charge in [0.05, 0.1) is 7.11 Å². The second-order valence-electron chi connectivity index (χ2n) is 4.07. The maximum Gasteiger partial charge on any atom is 0.335 e. The summed E-state index contributed by atoms with van der Waals surface area (Å²) in [4.78, 5) is 15.8. The van der Waals surface area contributed by atoms with Crippen molar-refractivity contribution in [3.8, 4) is 0 Å². The zero-order valence-corrected chi connectivity index (χ0v) is 10.1. The fraction of sp³-hybridized carbons (Fsp3) is 0.385. The zero-order chi connectivity index (χ0) is 12.4. The maximum atomic E-state index is 11.6. The molecule has 0 N–H and O–H groups in total. The molecular formula is C13H15NO3. The van der Waals surface area contributed by atoms with E-state index >= 15 is 0 Å². The number of hydrogen-bond acceptors (Lipinski definition) is 4. The second-order valence-corrected chi connectivity index (χ2v) is 4.07. The van der Waals surface area contributed by atoms with E-state index < -0.39 is 6.04 Å². The van der Waals surface area contributed by atoms with Crippen molar-refractivity contribution in [3.63, 3.8) is 0 Å². The average molecular weight is 233 g/mol. The third-order valence-electron chi connectivity index (χ3n) is 2.75. The van der Waals surface area contributed by atoms with Crippen LogP contribution in [0.15, 0.2) is 29.3 Å². The highest BCUT2D eigenvalue weighted by Gasteiger charge is 2.36. The van der Waals surface area contributed by atoms with E-state index in [9.17, 15) is 4.79 Å². The third kappa shape index (κ3) is 2.30. The van der Waals surface area contributed by atoms with E-state index in [4.69, 9.17) is 9.47 Å². The van der Waals surface area contributed by atoms with Crippen molar-refractivity contribution < 1.29 is 14.3 Å². The molecule has 1 aromatic rings. The largest absolute Gasteiger partial charge is 0.470 e. The van der Waals surface area contributed by atoms with Gasteiger partial charge in [0.15, 0.2) is 18.0 Å². The molecule has 17 heavy (non-hydrogen) atoms. The topological polar surface area (TPSA) is 47.9 Å². The Morgan fingerprint density at radius 2 is 1.94 bits per heavy atom. The molecule has 2 atom stereocenters. The van der Waals surface area contributed by atoms with Crippen LogP contribution < -0.4 is 0 Å². The van der Waals surface area contributed by atoms with Crippen molar-refractivity contribution in [2.75, 3.05) is 7.11 Å². The molecule has 0 aliphatic carbocycles. The predicted molar refractivity (Wildman–Crippen MR) is 63.9 cm³/mol. The first kappa shape index (κ1) is 11.6. The highest BCUT2D eigenvalue weighted by atomic mass is 16.5. The van der Waals surface area contributed by atoms with E-state index in [2.05, 4.69) is 4.99 Å². The summed E-state index contributed by atoms with van der Waals surface area (Å²) in [5.74, 6) is 0.151. The van der Waals surface area contributed by atoms with Gasteiger partial charge in [-0.1, -0.05) is 29.8 Å². The standard InChI is InChI=1S/C13H15NO3/c1-8-4-6-10(7-5-8)12-11(13(15)16-3)14-9(2)17-12/h4-7,11-12H,1-3H3. The number of carbonyl (C=O) groups is 1. The van der Waals surface area contributed by atoms with Crippen molar-refractivity contribution in [3.05, 3.63) is 35.4 Å². The Labute approximate surface area is 100 Å². The molecule has 0 bridgehead atoms. The van der Waals surface area contributed by atoms with Crippen LogP contribution in [-0.2, 0) is 14.3 Å². The van der Waals surface area contributed by atoms with Crippen LogP contribution >= 0.6 is 0 Å². The van der Waals surface area contributed by atoms with Gasteiger partial charge in [0.1, 0.15) is 0 Å². The quantitative estimate of drug-likeness (QED) is 0.734. The summed E-state index contributed by atoms with van der Waals surface area (Å²) >= 11 is 0. The summed E-state index contributed by atoms with van der Waals surface area (Å²) < 4.78 is 10.3. The first-order valence-corrected chi connectivity index (χ1v) is 5.47. The lowest BCUT2D eigenvalue weighted by atomic mass is 10.0. The van der Waals surface area contributed by atoms with Crippen LogP contribution in [0.25, 0.3) is 0 Å². The average Bonchev–Trinajstić information content (AvgIpc) is 2.71. The predicted octanol–water partition coefficient (Wildman–Crippen LogP) is 2.03. The van der Waals surface area contributed by atoms with Crippen LogP contribution in [0, 0.1) is 6.92 Å². The van der Waals surface area contributed by atoms with Gasteiger partial charge in [0.2, 0.25) is 0 Å². The first-order valence-electron chi connectivity index (χ1n) is 5.47. The van der Waals surface area contributed by atoms with Gasteiger partial charge in [0.25, 0.3) is 0 Å². The third-order valence-corrected chi connectivity index (χ3v) is 2.75. The second kappa shape index (κ2) is 4.57. The number of aliphatic imine (C=N–C) groups is 1. The van der Waals surface area contributed by atoms with Gasteiger partial charge in [-0.2, -0.15) is 0 Å². The van der Waals surface area contributed by atoms with E-state index in [1.54, 1.807) is 6.92 Å². The summed E-state index contributed by atoms with van der Waals surface area (Å²) in [7, 11) is 1.36. The molecule has 0 fully saturated rings. The van der Waals surface area contributed by atoms with Crippen molar-refractivity contribution in [1.29, 1.82) is 0 Å². The first-order chi connectivity index (χ1) is 8.11. The van der Waals surface area contributed by atoms with Gasteiger partial charge in [-0.25, -0.2) is 9.79 Å². The number of methoxy groups -OCH3 is 1. The molecule has 4 heteroatoms. The van der Waals surface area contributed by atoms with Crippen molar-refractivity contribution >= 4 is 11.9 Å². The van der Waals surface area contributed by atoms with E-state index in [1.165, 1.54) is 12.7 Å². The van der Waals surface area contributed by atoms with Gasteiger partial charge in [-0.05, 0) is 12.5 Å². The van der Waals surface area contributed by atoms with E-state index in [0.29, 0.717) is 5.90 Å². The molecule has 1 aliphatic heterocycles. The summed E-state index contributed by atoms with van der Waals surface area (Å²) in [6, 6.07) is 7.28. The molecule has 0 aromatic heterocycles. The highest BCUT2D eigenvalue weighted by molar-refractivity contribution is 5.85. The lowest BCUT2D eigenvalue weighted by Crippen LogP contribution is -2.25. The maximum absolute atomic E-state index is 11.6. The molecular weight excluding hydrogens is 218 g/mol. The summed E-state index contributed by atoms with van der Waals surface area (Å²) in [6.45, 7) is 3.75. The Hall–Kier alpha value is -1.84. The lowest BCUT2D eigenvalue weighted by molar-refractivity contribution is -0.143. The molecule has 0 saturated carbocycles. The summed E-state index contributed by atoms with van der Waals surface area (Å²) in [5.41, 5.74) is 2.10. The monoisotopic (exact) mass is 233 g/mol. The number of carbonyl (C=O) groups excluding carboxylic acids is 1. The molecule has 0 saturated heterocycles. The summed E-state index contributed by atoms with van der Waals surface area (Å²) in [5, 5.41) is 0. The Morgan fingerprint density at radius 3 is 2.53 bits per heavy atom. The molecule has 0 amide bonds. The minimum Gasteiger partial charge on any atom is -0.470 e. The number of benzene rings is 1. The van der Waals surface area contributed by atoms with E-state index in [-0.39, 0.29) is 12.1 Å². The molecule has 2 rings (SSSR count). The lowest BCUT2D eigenvalue weighted by Gasteiger charge is -2.16. The number of aryl methyl sites for hydroxylation is 1. The fourth-order valence-electron chi connectivity index (χ4n) is 1.85. The fourth-order valence-corrected chi connectivity index (χ4v) is 1.85. The molecule has 1 aliphatic rings. The minimum absolute atomic E-state index is 0.368. The van der Waals surface area contributed by atoms with Gasteiger partial charge in [0, 0.05) is 6.92 Å². The Balaban J connectivity index is 2.26. The number of rotatable bonds is 2. The van der Waals surface area contributed by atoms with Crippen LogP contribution in [0.2, 0.25) is 0 Å². The van der Waals surface area contributed by atoms with Gasteiger partial charge in [-0.15, -0.1) is 0 Å². The van der Waals surface area contributed by atoms with Crippen molar-refractivity contribution in [2.24, 2.45) is 4.99 Å². The molecule has 1 heterocycles. The van der Waals surface area contributed by atoms with Crippen LogP contribution in [-0.4, -0.2) is 25.0 Å². The Morgan fingerprint density at radius 1 is 1.29 bits per heavy atom. The minimum atomic E-state index is -0.595. The number of esters is 1. The molecule has 2 unspecified atom stereocenters. The van der Waals surface area contributed by atoms with Crippen LogP contribution in [0.5, 0.6) is 0 Å². The van der Waals surface area contributed by atoms with Gasteiger partial charge >= 0.3 is 5.97 Å². The van der Waals surface area contributed by atoms with Crippen LogP contribution in [0.3, 0.4) is 0 Å². The van der Waals surface area contributed by atoms with E-state index in [0.717, 1.165) is 5.56 Å². The van der Waals surface area contributed by atoms with Crippen molar-refractivity contribution in [2.45, 2.75) is 26.0 Å². The molecule has 0 radical (unpaired) electrons. The Kier molecular flexibility index (Phi) is 3.13. The van der Waals surface area contributed by atoms with Crippen molar-refractivity contribution in [1.82, 2.24) is 0 Å². The van der Waals surface area contributed by atoms with E-state index in [1.807, 2.05) is 31.2 Å². The number of ether oxygens (including phenoxy) is 2. The highest BCUT2D eigenvalue weighted by Crippen LogP contribution is 2.29. The molecule has 1 aromatic carbocycles. The van der Waals surface area contributed by atoms with Crippen LogP contribution in [0.4, 0.5) is 0 Å². The number of hydrogen-bond donors (Lipinski definition) is 0. The molecule has 0 spiro atoms. The smallest absolute Gasteiger partial charge is 0.335 e. The van der Waals surface area contributed by atoms with Gasteiger partial charge in [-0.3, -0.25) is 0 Å². The van der Waals surface area contributed by atoms with Gasteiger partial charge < -0.3 is 9.47 Å². The normalized spacial score (nSPS) is 22.9. The summed E-state index contributed by atoms with van der Waals surface area (Å²) in [6.07, 6.45) is -0.372. The zero-order valence-electron chi connectivity index (χ0n) is 10.1. The number of nitrogens with zero attached hydrogens (tertiary/aromatic N) is 1.